The third kappa shape index (κ3) is 5.98. The van der Waals surface area contributed by atoms with Gasteiger partial charge in [0, 0.05) is 45.3 Å². The van der Waals surface area contributed by atoms with Crippen molar-refractivity contribution in [2.75, 3.05) is 52.5 Å². The summed E-state index contributed by atoms with van der Waals surface area (Å²) in [6.07, 6.45) is 6.63. The Bertz CT molecular complexity index is 612. The van der Waals surface area contributed by atoms with Gasteiger partial charge < -0.3 is 14.7 Å². The van der Waals surface area contributed by atoms with E-state index in [0.29, 0.717) is 17.1 Å². The summed E-state index contributed by atoms with van der Waals surface area (Å²) in [7, 11) is 0. The molecule has 3 fully saturated rings. The molecule has 4 rings (SSSR count). The van der Waals surface area contributed by atoms with Crippen molar-refractivity contribution in [2.45, 2.75) is 37.0 Å². The summed E-state index contributed by atoms with van der Waals surface area (Å²) in [5, 5.41) is 0. The van der Waals surface area contributed by atoms with Crippen molar-refractivity contribution in [1.82, 2.24) is 14.7 Å². The van der Waals surface area contributed by atoms with Crippen LogP contribution in [0.15, 0.2) is 23.2 Å². The van der Waals surface area contributed by atoms with Gasteiger partial charge in [0.1, 0.15) is 11.4 Å². The monoisotopic (exact) mass is 481 g/mol. The van der Waals surface area contributed by atoms with E-state index >= 15 is 0 Å². The molecular formula is C20H31N3O3Sn. The van der Waals surface area contributed by atoms with Crippen LogP contribution in [0.1, 0.15) is 32.6 Å². The minimum absolute atomic E-state index is 0.00546. The maximum absolute atomic E-state index is 12.4. The molecule has 4 aliphatic rings. The minimum Gasteiger partial charge on any atom is -0.365 e. The second-order valence-corrected chi connectivity index (χ2v) is 8.99. The number of ether oxygens (including phenoxy) is 1. The summed E-state index contributed by atoms with van der Waals surface area (Å²) in [5.41, 5.74) is 1.89. The Morgan fingerprint density at radius 1 is 0.889 bits per heavy atom. The van der Waals surface area contributed by atoms with Crippen LogP contribution in [0.5, 0.6) is 0 Å². The zero-order chi connectivity index (χ0) is 19.2. The van der Waals surface area contributed by atoms with Crippen LogP contribution in [0, 0.1) is 0 Å². The molecule has 1 aliphatic carbocycles. The zero-order valence-corrected chi connectivity index (χ0v) is 19.7. The van der Waals surface area contributed by atoms with Gasteiger partial charge in [-0.25, -0.2) is 0 Å². The molecule has 0 unspecified atom stereocenters. The average Bonchev–Trinajstić information content (AvgIpc) is 3.48. The van der Waals surface area contributed by atoms with E-state index in [2.05, 4.69) is 6.92 Å². The Hall–Kier alpha value is -1.02. The van der Waals surface area contributed by atoms with Crippen LogP contribution >= 0.6 is 0 Å². The van der Waals surface area contributed by atoms with Crippen LogP contribution in [0.25, 0.3) is 0 Å². The van der Waals surface area contributed by atoms with Crippen LogP contribution in [0.3, 0.4) is 0 Å². The van der Waals surface area contributed by atoms with Gasteiger partial charge in [-0.05, 0) is 0 Å². The maximum Gasteiger partial charge on any atom is 0.227 e. The van der Waals surface area contributed by atoms with Crippen LogP contribution in [-0.2, 0) is 14.3 Å². The molecule has 0 atom stereocenters. The van der Waals surface area contributed by atoms with E-state index < -0.39 is 0 Å². The van der Waals surface area contributed by atoms with Gasteiger partial charge in [0.25, 0.3) is 0 Å². The molecular weight excluding hydrogens is 449 g/mol. The number of nitrogens with zero attached hydrogens (tertiary/aromatic N) is 3. The molecule has 148 valence electrons. The van der Waals surface area contributed by atoms with Gasteiger partial charge in [-0.3, -0.25) is 9.59 Å². The van der Waals surface area contributed by atoms with E-state index in [1.807, 2.05) is 14.7 Å². The molecule has 0 spiro atoms. The standard InChI is InChI=1S/C12H13N3O2.C8H17O.Sn.H/c16-9-7-8(13-1-2-13)12(17)11(15-5-6-15)10(9)14-3-4-14;1-3-5-7-9-8-6-4-2;;/h7H,1-6H2;1,3-8H2,2H3;;. The second kappa shape index (κ2) is 9.96. The maximum atomic E-state index is 12.4. The van der Waals surface area contributed by atoms with Crippen LogP contribution < -0.4 is 0 Å². The second-order valence-electron chi connectivity index (χ2n) is 7.34. The molecule has 3 saturated heterocycles. The first-order chi connectivity index (χ1) is 13.2. The molecule has 0 amide bonds. The fraction of sp³-hybridized carbons (Fsp3) is 0.700. The van der Waals surface area contributed by atoms with E-state index in [0.717, 1.165) is 52.5 Å². The number of ketones is 2. The van der Waals surface area contributed by atoms with Gasteiger partial charge in [0.05, 0.1) is 5.70 Å². The zero-order valence-electron chi connectivity index (χ0n) is 16.4. The number of Topliss-reactive ketones (excluding diaryl/α,β-unsaturated/α-hetero) is 1. The molecule has 0 aromatic carbocycles. The predicted octanol–water partition coefficient (Wildman–Crippen LogP) is 1.08. The number of carbonyl (C=O) groups excluding carboxylic acids is 2. The van der Waals surface area contributed by atoms with Gasteiger partial charge >= 0.3 is 77.5 Å². The van der Waals surface area contributed by atoms with Crippen molar-refractivity contribution in [1.29, 1.82) is 0 Å². The Balaban J connectivity index is 0.000000183. The third-order valence-electron chi connectivity index (χ3n) is 4.87. The number of allylic oxidation sites excluding steroid dienone is 1. The summed E-state index contributed by atoms with van der Waals surface area (Å²) < 4.78 is 6.81. The number of unbranched alkanes of at least 4 members (excludes halogenated alkanes) is 2. The van der Waals surface area contributed by atoms with E-state index in [-0.39, 0.29) is 11.6 Å². The van der Waals surface area contributed by atoms with Crippen LogP contribution in [0.4, 0.5) is 0 Å². The van der Waals surface area contributed by atoms with Crippen molar-refractivity contribution in [3.63, 3.8) is 0 Å². The van der Waals surface area contributed by atoms with Crippen LogP contribution in [0.2, 0.25) is 4.44 Å². The Labute approximate surface area is 175 Å². The van der Waals surface area contributed by atoms with Crippen LogP contribution in [-0.4, -0.2) is 101 Å². The Morgan fingerprint density at radius 2 is 1.48 bits per heavy atom. The molecule has 2 radical (unpaired) electrons. The molecule has 0 saturated carbocycles. The summed E-state index contributed by atoms with van der Waals surface area (Å²) >= 11 is 1.41. The number of hydrogen-bond acceptors (Lipinski definition) is 6. The fourth-order valence-electron chi connectivity index (χ4n) is 2.97. The van der Waals surface area contributed by atoms with Crippen molar-refractivity contribution < 1.29 is 14.3 Å². The topological polar surface area (TPSA) is 52.4 Å². The van der Waals surface area contributed by atoms with Gasteiger partial charge in [-0.15, -0.1) is 0 Å². The van der Waals surface area contributed by atoms with Gasteiger partial charge in [-0.2, -0.15) is 0 Å². The Morgan fingerprint density at radius 3 is 2.04 bits per heavy atom. The van der Waals surface area contributed by atoms with E-state index in [9.17, 15) is 9.59 Å². The minimum atomic E-state index is 0.00546. The van der Waals surface area contributed by atoms with Gasteiger partial charge in [0.15, 0.2) is 0 Å². The first kappa shape index (κ1) is 20.7. The molecule has 3 aliphatic heterocycles. The molecule has 6 nitrogen and oxygen atoms in total. The first-order valence-electron chi connectivity index (χ1n) is 10.2. The molecule has 3 heterocycles. The first-order valence-corrected chi connectivity index (χ1v) is 12.6. The normalized spacial score (nSPS) is 20.5. The Kier molecular flexibility index (Phi) is 7.64. The molecule has 0 aromatic heterocycles. The van der Waals surface area contributed by atoms with Gasteiger partial charge in [0.2, 0.25) is 11.6 Å². The predicted molar refractivity (Wildman–Crippen MR) is 107 cm³/mol. The van der Waals surface area contributed by atoms with E-state index in [1.165, 1.54) is 58.7 Å². The number of carbonyl (C=O) groups is 2. The molecule has 7 heteroatoms. The summed E-state index contributed by atoms with van der Waals surface area (Å²) in [6.45, 7) is 9.56. The van der Waals surface area contributed by atoms with Crippen molar-refractivity contribution in [3.8, 4) is 0 Å². The summed E-state index contributed by atoms with van der Waals surface area (Å²) in [5.74, 6) is 0.0485. The van der Waals surface area contributed by atoms with E-state index in [1.54, 1.807) is 0 Å². The van der Waals surface area contributed by atoms with Crippen molar-refractivity contribution in [2.24, 2.45) is 0 Å². The molecule has 0 aromatic rings. The molecule has 0 N–H and O–H groups in total. The molecule has 0 bridgehead atoms. The number of hydrogen-bond donors (Lipinski definition) is 0. The summed E-state index contributed by atoms with van der Waals surface area (Å²) in [4.78, 5) is 30.5. The summed E-state index contributed by atoms with van der Waals surface area (Å²) in [6, 6.07) is 0. The SMILES string of the molecule is CCCCOCCC[CH2][SnH].O=C1C=C(N2CC2)C(=O)C(N2CC2)=C1N1CC1. The van der Waals surface area contributed by atoms with E-state index in [4.69, 9.17) is 4.74 Å². The largest absolute Gasteiger partial charge is 0.365 e. The molecule has 27 heavy (non-hydrogen) atoms. The van der Waals surface area contributed by atoms with Crippen molar-refractivity contribution in [3.05, 3.63) is 23.2 Å². The van der Waals surface area contributed by atoms with Gasteiger partial charge in [-0.1, -0.05) is 0 Å². The fourth-order valence-corrected chi connectivity index (χ4v) is 3.80. The van der Waals surface area contributed by atoms with Crippen molar-refractivity contribution >= 4 is 34.1 Å². The third-order valence-corrected chi connectivity index (χ3v) is 6.04. The average molecular weight is 480 g/mol. The quantitative estimate of drug-likeness (QED) is 0.202. The number of rotatable bonds is 10. The smallest absolute Gasteiger partial charge is 0.227 e.